The molecule has 0 radical (unpaired) electrons. The summed E-state index contributed by atoms with van der Waals surface area (Å²) in [5.41, 5.74) is 0. The van der Waals surface area contributed by atoms with Gasteiger partial charge in [0.1, 0.15) is 24.4 Å². The zero-order valence-corrected chi connectivity index (χ0v) is 8.84. The van der Waals surface area contributed by atoms with Gasteiger partial charge in [-0.05, 0) is 6.08 Å². The summed E-state index contributed by atoms with van der Waals surface area (Å²) in [5.74, 6) is 0. The highest BCUT2D eigenvalue weighted by Gasteiger charge is 2.29. The van der Waals surface area contributed by atoms with Gasteiger partial charge in [-0.15, -0.1) is 4.89 Å². The third-order valence-corrected chi connectivity index (χ3v) is 1.92. The Labute approximate surface area is 91.4 Å². The second-order valence-corrected chi connectivity index (χ2v) is 3.46. The Bertz CT molecular complexity index is 267. The highest BCUT2D eigenvalue weighted by atomic mass is 31.1. The van der Waals surface area contributed by atoms with E-state index in [1.54, 1.807) is 0 Å². The molecule has 1 unspecified atom stereocenters. The molecule has 0 rings (SSSR count). The molecule has 9 heteroatoms. The monoisotopic (exact) mass is 255 g/mol. The molecule has 0 bridgehead atoms. The highest BCUT2D eigenvalue weighted by molar-refractivity contribution is 7.32. The van der Waals surface area contributed by atoms with Crippen LogP contribution >= 0.6 is 8.25 Å². The van der Waals surface area contributed by atoms with Crippen LogP contribution in [-0.4, -0.2) is 56.0 Å². The van der Waals surface area contributed by atoms with Crippen LogP contribution in [0.2, 0.25) is 0 Å². The Kier molecular flexibility index (Phi) is 6.98. The van der Waals surface area contributed by atoms with Gasteiger partial charge in [-0.3, -0.25) is 0 Å². The van der Waals surface area contributed by atoms with Gasteiger partial charge in [0.25, 0.3) is 0 Å². The van der Waals surface area contributed by atoms with E-state index < -0.39 is 32.7 Å². The SMILES string of the molecule is O=C[C@H](O)[C@@H](O)[C@H](O)[C@H](O)/C=C/O[P+](=O)O. The van der Waals surface area contributed by atoms with Gasteiger partial charge in [0, 0.05) is 4.57 Å². The number of rotatable bonds is 7. The molecule has 5 atom stereocenters. The first-order valence-electron chi connectivity index (χ1n) is 4.07. The van der Waals surface area contributed by atoms with Crippen molar-refractivity contribution in [2.45, 2.75) is 24.4 Å². The van der Waals surface area contributed by atoms with E-state index in [9.17, 15) is 14.5 Å². The molecule has 0 fully saturated rings. The van der Waals surface area contributed by atoms with Crippen LogP contribution in [-0.2, 0) is 13.9 Å². The maximum atomic E-state index is 10.1. The molecule has 0 aromatic heterocycles. The fraction of sp³-hybridized carbons (Fsp3) is 0.571. The van der Waals surface area contributed by atoms with Gasteiger partial charge in [-0.1, -0.05) is 0 Å². The highest BCUT2D eigenvalue weighted by Crippen LogP contribution is 2.15. The van der Waals surface area contributed by atoms with Gasteiger partial charge in [0.15, 0.2) is 12.5 Å². The molecule has 0 heterocycles. The molecule has 0 aliphatic heterocycles. The standard InChI is InChI=1S/C7H11O8P/c8-3-5(10)7(12)6(11)4(9)1-2-15-16(13)14/h1-7,9-12H/p+1/b2-1+/t4-,5+,6-,7-/m1/s1. The zero-order valence-electron chi connectivity index (χ0n) is 7.95. The van der Waals surface area contributed by atoms with Crippen molar-refractivity contribution >= 4 is 14.5 Å². The molecule has 8 nitrogen and oxygen atoms in total. The van der Waals surface area contributed by atoms with Gasteiger partial charge in [0.05, 0.1) is 0 Å². The van der Waals surface area contributed by atoms with Crippen LogP contribution in [0.1, 0.15) is 0 Å². The summed E-state index contributed by atoms with van der Waals surface area (Å²) in [7, 11) is -2.88. The summed E-state index contributed by atoms with van der Waals surface area (Å²) in [5, 5.41) is 36.3. The molecule has 0 spiro atoms. The lowest BCUT2D eigenvalue weighted by molar-refractivity contribution is -0.130. The molecular formula is C7H12O8P+. The van der Waals surface area contributed by atoms with E-state index >= 15 is 0 Å². The lowest BCUT2D eigenvalue weighted by Crippen LogP contribution is -2.44. The van der Waals surface area contributed by atoms with Gasteiger partial charge in [-0.25, -0.2) is 4.52 Å². The van der Waals surface area contributed by atoms with Crippen molar-refractivity contribution < 1.29 is 39.2 Å². The smallest absolute Gasteiger partial charge is 0.387 e. The minimum absolute atomic E-state index is 0.00849. The average Bonchev–Trinajstić information content (AvgIpc) is 2.25. The number of carbonyl (C=O) groups is 1. The Morgan fingerprint density at radius 1 is 1.06 bits per heavy atom. The molecule has 0 saturated heterocycles. The van der Waals surface area contributed by atoms with Crippen LogP contribution in [0.5, 0.6) is 0 Å². The van der Waals surface area contributed by atoms with Crippen LogP contribution in [0.15, 0.2) is 12.3 Å². The average molecular weight is 255 g/mol. The van der Waals surface area contributed by atoms with Gasteiger partial charge < -0.3 is 25.2 Å². The maximum absolute atomic E-state index is 10.1. The molecule has 0 aromatic rings. The molecule has 0 saturated carbocycles. The van der Waals surface area contributed by atoms with Crippen LogP contribution in [0.25, 0.3) is 0 Å². The van der Waals surface area contributed by atoms with Crippen molar-refractivity contribution in [3.63, 3.8) is 0 Å². The first kappa shape index (κ1) is 15.1. The number of hydrogen-bond donors (Lipinski definition) is 5. The minimum atomic E-state index is -2.88. The lowest BCUT2D eigenvalue weighted by Gasteiger charge is -2.21. The van der Waals surface area contributed by atoms with Crippen LogP contribution in [0.4, 0.5) is 0 Å². The fourth-order valence-electron chi connectivity index (χ4n) is 0.766. The van der Waals surface area contributed by atoms with Crippen molar-refractivity contribution in [3.8, 4) is 0 Å². The third kappa shape index (κ3) is 5.26. The fourth-order valence-corrected chi connectivity index (χ4v) is 0.940. The number of aliphatic hydroxyl groups excluding tert-OH is 4. The Balaban J connectivity index is 4.26. The van der Waals surface area contributed by atoms with Crippen molar-refractivity contribution in [2.75, 3.05) is 0 Å². The first-order chi connectivity index (χ1) is 7.40. The van der Waals surface area contributed by atoms with E-state index in [4.69, 9.17) is 20.2 Å². The molecular weight excluding hydrogens is 243 g/mol. The summed E-state index contributed by atoms with van der Waals surface area (Å²) in [6.07, 6.45) is -5.81. The minimum Gasteiger partial charge on any atom is -0.387 e. The Hall–Kier alpha value is -0.890. The van der Waals surface area contributed by atoms with Gasteiger partial charge in [-0.2, -0.15) is 0 Å². The van der Waals surface area contributed by atoms with Crippen LogP contribution < -0.4 is 0 Å². The second kappa shape index (κ2) is 7.39. The van der Waals surface area contributed by atoms with Crippen molar-refractivity contribution in [2.24, 2.45) is 0 Å². The predicted octanol–water partition coefficient (Wildman–Crippen LogP) is -2.19. The van der Waals surface area contributed by atoms with E-state index in [0.29, 0.717) is 6.26 Å². The molecule has 0 aliphatic rings. The molecule has 0 aliphatic carbocycles. The number of carbonyl (C=O) groups excluding carboxylic acids is 1. The van der Waals surface area contributed by atoms with Crippen LogP contribution in [0.3, 0.4) is 0 Å². The van der Waals surface area contributed by atoms with Crippen molar-refractivity contribution in [1.29, 1.82) is 0 Å². The van der Waals surface area contributed by atoms with Crippen molar-refractivity contribution in [1.82, 2.24) is 0 Å². The molecule has 0 amide bonds. The summed E-state index contributed by atoms with van der Waals surface area (Å²) < 4.78 is 14.1. The van der Waals surface area contributed by atoms with E-state index in [1.807, 2.05) is 0 Å². The summed E-state index contributed by atoms with van der Waals surface area (Å²) >= 11 is 0. The van der Waals surface area contributed by atoms with E-state index in [2.05, 4.69) is 4.52 Å². The molecule has 92 valence electrons. The topological polar surface area (TPSA) is 145 Å². The summed E-state index contributed by atoms with van der Waals surface area (Å²) in [4.78, 5) is 18.3. The number of aliphatic hydroxyl groups is 4. The normalized spacial score (nSPS) is 19.9. The number of aldehydes is 1. The Morgan fingerprint density at radius 2 is 1.56 bits per heavy atom. The number of hydrogen-bond acceptors (Lipinski definition) is 7. The predicted molar refractivity (Wildman–Crippen MR) is 50.1 cm³/mol. The zero-order chi connectivity index (χ0) is 12.7. The molecule has 16 heavy (non-hydrogen) atoms. The van der Waals surface area contributed by atoms with E-state index in [1.165, 1.54) is 0 Å². The summed E-state index contributed by atoms with van der Waals surface area (Å²) in [6, 6.07) is 0. The van der Waals surface area contributed by atoms with Crippen molar-refractivity contribution in [3.05, 3.63) is 12.3 Å². The van der Waals surface area contributed by atoms with Gasteiger partial charge in [0.2, 0.25) is 0 Å². The molecule has 0 aromatic carbocycles. The first-order valence-corrected chi connectivity index (χ1v) is 5.20. The third-order valence-electron chi connectivity index (χ3n) is 1.62. The Morgan fingerprint density at radius 3 is 2.00 bits per heavy atom. The van der Waals surface area contributed by atoms with E-state index in [-0.39, 0.29) is 6.29 Å². The maximum Gasteiger partial charge on any atom is 0.746 e. The quantitative estimate of drug-likeness (QED) is 0.196. The summed E-state index contributed by atoms with van der Waals surface area (Å²) in [6.45, 7) is 0. The van der Waals surface area contributed by atoms with Gasteiger partial charge >= 0.3 is 8.25 Å². The van der Waals surface area contributed by atoms with E-state index in [0.717, 1.165) is 6.08 Å². The largest absolute Gasteiger partial charge is 0.746 e. The molecule has 5 N–H and O–H groups in total. The van der Waals surface area contributed by atoms with Crippen LogP contribution in [0, 0.1) is 0 Å². The second-order valence-electron chi connectivity index (χ2n) is 2.77. The lowest BCUT2D eigenvalue weighted by atomic mass is 10.0.